The van der Waals surface area contributed by atoms with E-state index in [1.165, 1.54) is 36.3 Å². The van der Waals surface area contributed by atoms with Gasteiger partial charge in [0.2, 0.25) is 0 Å². The summed E-state index contributed by atoms with van der Waals surface area (Å²) in [5.41, 5.74) is 4.31. The minimum atomic E-state index is 0.811. The molecule has 0 spiro atoms. The van der Waals surface area contributed by atoms with E-state index in [0.29, 0.717) is 0 Å². The van der Waals surface area contributed by atoms with Crippen LogP contribution in [0, 0.1) is 12.8 Å². The summed E-state index contributed by atoms with van der Waals surface area (Å²) in [6.45, 7) is 7.99. The first-order chi connectivity index (χ1) is 8.24. The van der Waals surface area contributed by atoms with Crippen molar-refractivity contribution >= 4 is 5.69 Å². The minimum absolute atomic E-state index is 0.811. The van der Waals surface area contributed by atoms with Crippen molar-refractivity contribution in [3.8, 4) is 0 Å². The Morgan fingerprint density at radius 1 is 1.41 bits per heavy atom. The van der Waals surface area contributed by atoms with Gasteiger partial charge >= 0.3 is 0 Å². The molecule has 1 aliphatic rings. The molecule has 0 saturated carbocycles. The molecular weight excluding hydrogens is 208 g/mol. The van der Waals surface area contributed by atoms with E-state index < -0.39 is 0 Å². The summed E-state index contributed by atoms with van der Waals surface area (Å²) in [6.07, 6.45) is 2.45. The lowest BCUT2D eigenvalue weighted by Gasteiger charge is -2.20. The van der Waals surface area contributed by atoms with Crippen molar-refractivity contribution in [3.63, 3.8) is 0 Å². The molecule has 1 saturated heterocycles. The highest BCUT2D eigenvalue weighted by molar-refractivity contribution is 5.51. The fourth-order valence-corrected chi connectivity index (χ4v) is 2.76. The number of aryl methyl sites for hydroxylation is 2. The first kappa shape index (κ1) is 12.4. The van der Waals surface area contributed by atoms with Gasteiger partial charge in [-0.3, -0.25) is 0 Å². The van der Waals surface area contributed by atoms with Gasteiger partial charge in [0.05, 0.1) is 0 Å². The van der Waals surface area contributed by atoms with Gasteiger partial charge in [-0.05, 0) is 62.5 Å². The lowest BCUT2D eigenvalue weighted by Crippen LogP contribution is -2.24. The third kappa shape index (κ3) is 2.81. The molecule has 1 aliphatic heterocycles. The van der Waals surface area contributed by atoms with E-state index in [9.17, 15) is 0 Å². The number of benzene rings is 1. The van der Waals surface area contributed by atoms with Crippen molar-refractivity contribution in [1.29, 1.82) is 0 Å². The van der Waals surface area contributed by atoms with Gasteiger partial charge in [-0.2, -0.15) is 0 Å². The Bertz CT molecular complexity index is 373. The van der Waals surface area contributed by atoms with E-state index in [-0.39, 0.29) is 0 Å². The molecule has 0 bridgehead atoms. The van der Waals surface area contributed by atoms with Gasteiger partial charge in [0, 0.05) is 18.8 Å². The molecule has 1 aromatic rings. The summed E-state index contributed by atoms with van der Waals surface area (Å²) in [7, 11) is 2.05. The molecule has 2 rings (SSSR count). The van der Waals surface area contributed by atoms with E-state index in [2.05, 4.69) is 42.3 Å². The molecule has 17 heavy (non-hydrogen) atoms. The third-order valence-electron chi connectivity index (χ3n) is 3.86. The maximum Gasteiger partial charge on any atom is 0.0369 e. The molecule has 1 atom stereocenters. The Labute approximate surface area is 105 Å². The fraction of sp³-hybridized carbons (Fsp3) is 0.600. The van der Waals surface area contributed by atoms with Crippen LogP contribution >= 0.6 is 0 Å². The van der Waals surface area contributed by atoms with Crippen LogP contribution in [0.3, 0.4) is 0 Å². The first-order valence-electron chi connectivity index (χ1n) is 6.73. The Morgan fingerprint density at radius 3 is 2.94 bits per heavy atom. The summed E-state index contributed by atoms with van der Waals surface area (Å²) in [6, 6.07) is 6.91. The number of nitrogens with one attached hydrogen (secondary N) is 1. The van der Waals surface area contributed by atoms with Crippen molar-refractivity contribution in [2.75, 3.05) is 31.6 Å². The minimum Gasteiger partial charge on any atom is -0.371 e. The highest BCUT2D eigenvalue weighted by atomic mass is 15.2. The zero-order valence-electron chi connectivity index (χ0n) is 11.3. The maximum absolute atomic E-state index is 3.29. The standard InChI is InChI=1S/C15H24N2/c1-4-14-9-15(6-5-12(14)2)17-8-7-13(11-17)10-16-3/h5-6,9,13,16H,4,7-8,10-11H2,1-3H3. The predicted octanol–water partition coefficient (Wildman–Crippen LogP) is 2.60. The summed E-state index contributed by atoms with van der Waals surface area (Å²) in [4.78, 5) is 2.53. The molecule has 2 nitrogen and oxygen atoms in total. The summed E-state index contributed by atoms with van der Waals surface area (Å²) >= 11 is 0. The van der Waals surface area contributed by atoms with Crippen LogP contribution in [0.1, 0.15) is 24.5 Å². The zero-order chi connectivity index (χ0) is 12.3. The Hall–Kier alpha value is -1.02. The van der Waals surface area contributed by atoms with Gasteiger partial charge in [-0.25, -0.2) is 0 Å². The lowest BCUT2D eigenvalue weighted by atomic mass is 10.1. The van der Waals surface area contributed by atoms with Crippen LogP contribution in [0.15, 0.2) is 18.2 Å². The largest absolute Gasteiger partial charge is 0.371 e. The van der Waals surface area contributed by atoms with Crippen molar-refractivity contribution in [2.24, 2.45) is 5.92 Å². The molecule has 1 unspecified atom stereocenters. The first-order valence-corrected chi connectivity index (χ1v) is 6.73. The van der Waals surface area contributed by atoms with Crippen LogP contribution in [-0.4, -0.2) is 26.7 Å². The highest BCUT2D eigenvalue weighted by Gasteiger charge is 2.22. The van der Waals surface area contributed by atoms with Gasteiger partial charge < -0.3 is 10.2 Å². The summed E-state index contributed by atoms with van der Waals surface area (Å²) in [5, 5.41) is 3.29. The van der Waals surface area contributed by atoms with Crippen LogP contribution in [0.25, 0.3) is 0 Å². The van der Waals surface area contributed by atoms with Crippen molar-refractivity contribution < 1.29 is 0 Å². The van der Waals surface area contributed by atoms with Gasteiger partial charge in [0.1, 0.15) is 0 Å². The molecule has 1 heterocycles. The molecular formula is C15H24N2. The number of rotatable bonds is 4. The van der Waals surface area contributed by atoms with E-state index in [4.69, 9.17) is 0 Å². The normalized spacial score (nSPS) is 19.9. The van der Waals surface area contributed by atoms with E-state index in [1.54, 1.807) is 0 Å². The highest BCUT2D eigenvalue weighted by Crippen LogP contribution is 2.25. The molecule has 0 aromatic heterocycles. The number of anilines is 1. The molecule has 1 fully saturated rings. The van der Waals surface area contributed by atoms with E-state index in [1.807, 2.05) is 7.05 Å². The zero-order valence-corrected chi connectivity index (χ0v) is 11.3. The molecule has 2 heteroatoms. The monoisotopic (exact) mass is 232 g/mol. The molecule has 94 valence electrons. The number of hydrogen-bond acceptors (Lipinski definition) is 2. The number of hydrogen-bond donors (Lipinski definition) is 1. The van der Waals surface area contributed by atoms with Crippen LogP contribution in [0.2, 0.25) is 0 Å². The predicted molar refractivity (Wildman–Crippen MR) is 74.8 cm³/mol. The van der Waals surface area contributed by atoms with Crippen molar-refractivity contribution in [3.05, 3.63) is 29.3 Å². The maximum atomic E-state index is 3.29. The molecule has 0 amide bonds. The molecule has 0 aliphatic carbocycles. The van der Waals surface area contributed by atoms with Crippen LogP contribution in [-0.2, 0) is 6.42 Å². The summed E-state index contributed by atoms with van der Waals surface area (Å²) < 4.78 is 0. The average molecular weight is 232 g/mol. The Morgan fingerprint density at radius 2 is 2.24 bits per heavy atom. The SMILES string of the molecule is CCc1cc(N2CCC(CNC)C2)ccc1C. The van der Waals surface area contributed by atoms with E-state index in [0.717, 1.165) is 18.9 Å². The second-order valence-corrected chi connectivity index (χ2v) is 5.12. The second-order valence-electron chi connectivity index (χ2n) is 5.12. The van der Waals surface area contributed by atoms with Crippen molar-refractivity contribution in [1.82, 2.24) is 5.32 Å². The second kappa shape index (κ2) is 5.54. The third-order valence-corrected chi connectivity index (χ3v) is 3.86. The van der Waals surface area contributed by atoms with Gasteiger partial charge in [-0.15, -0.1) is 0 Å². The number of nitrogens with zero attached hydrogens (tertiary/aromatic N) is 1. The Kier molecular flexibility index (Phi) is 4.06. The lowest BCUT2D eigenvalue weighted by molar-refractivity contribution is 0.549. The molecule has 1 N–H and O–H groups in total. The molecule has 0 radical (unpaired) electrons. The van der Waals surface area contributed by atoms with Gasteiger partial charge in [0.25, 0.3) is 0 Å². The smallest absolute Gasteiger partial charge is 0.0369 e. The van der Waals surface area contributed by atoms with Crippen molar-refractivity contribution in [2.45, 2.75) is 26.7 Å². The van der Waals surface area contributed by atoms with Crippen LogP contribution in [0.4, 0.5) is 5.69 Å². The quantitative estimate of drug-likeness (QED) is 0.858. The average Bonchev–Trinajstić information content (AvgIpc) is 2.79. The summed E-state index contributed by atoms with van der Waals surface area (Å²) in [5.74, 6) is 0.811. The van der Waals surface area contributed by atoms with Crippen LogP contribution in [0.5, 0.6) is 0 Å². The van der Waals surface area contributed by atoms with Crippen LogP contribution < -0.4 is 10.2 Å². The topological polar surface area (TPSA) is 15.3 Å². The van der Waals surface area contributed by atoms with Gasteiger partial charge in [0.15, 0.2) is 0 Å². The molecule has 1 aromatic carbocycles. The van der Waals surface area contributed by atoms with E-state index >= 15 is 0 Å². The van der Waals surface area contributed by atoms with Gasteiger partial charge in [-0.1, -0.05) is 13.0 Å². The Balaban J connectivity index is 2.08. The fourth-order valence-electron chi connectivity index (χ4n) is 2.76.